The minimum Gasteiger partial charge on any atom is -0.550 e. The van der Waals surface area contributed by atoms with Crippen LogP contribution in [0.15, 0.2) is 60.7 Å². The number of unbranched alkanes of at least 4 members (excludes halogenated alkanes) is 1. The van der Waals surface area contributed by atoms with E-state index in [-0.39, 0.29) is 11.8 Å². The first-order valence-corrected chi connectivity index (χ1v) is 11.4. The topological polar surface area (TPSA) is 52.6 Å². The Bertz CT molecular complexity index is 1250. The van der Waals surface area contributed by atoms with Gasteiger partial charge in [0.1, 0.15) is 5.75 Å². The number of nitrogens with zero attached hydrogens (tertiary/aromatic N) is 1. The first-order valence-electron chi connectivity index (χ1n) is 11.0. The van der Waals surface area contributed by atoms with Crippen LogP contribution in [-0.4, -0.2) is 18.2 Å². The minimum absolute atomic E-state index is 0.0588. The van der Waals surface area contributed by atoms with Crippen LogP contribution in [0.3, 0.4) is 0 Å². The summed E-state index contributed by atoms with van der Waals surface area (Å²) < 4.78 is 6.88. The first-order chi connectivity index (χ1) is 15.3. The van der Waals surface area contributed by atoms with Crippen molar-refractivity contribution < 1.29 is 14.6 Å². The Kier molecular flexibility index (Phi) is 4.94. The highest BCUT2D eigenvalue weighted by Crippen LogP contribution is 2.55. The van der Waals surface area contributed by atoms with Crippen molar-refractivity contribution in [3.05, 3.63) is 76.8 Å². The van der Waals surface area contributed by atoms with E-state index in [9.17, 15) is 9.90 Å². The minimum atomic E-state index is -1.01. The summed E-state index contributed by atoms with van der Waals surface area (Å²) in [6, 6.07) is 18.4. The van der Waals surface area contributed by atoms with Gasteiger partial charge >= 0.3 is 0 Å². The summed E-state index contributed by atoms with van der Waals surface area (Å²) in [5, 5.41) is 13.9. The smallest absolute Gasteiger partial charge is 0.212 e. The van der Waals surface area contributed by atoms with Crippen LogP contribution in [0.1, 0.15) is 44.2 Å². The van der Waals surface area contributed by atoms with Gasteiger partial charge < -0.3 is 19.5 Å². The molecule has 5 heteroatoms. The van der Waals surface area contributed by atoms with E-state index < -0.39 is 11.7 Å². The SMILES string of the molecule is CC1(C)c2cc(Cl)ccc2N(CCCCC(=O)[O-])C12C=Cc1c(ccc3ccccc13)O2. The number of carboxylic acids is 1. The second-order valence-corrected chi connectivity index (χ2v) is 9.53. The Balaban J connectivity index is 1.60. The molecule has 2 aliphatic heterocycles. The molecular formula is C27H25ClNO3-. The maximum Gasteiger partial charge on any atom is 0.212 e. The number of hydrogen-bond acceptors (Lipinski definition) is 4. The van der Waals surface area contributed by atoms with Crippen molar-refractivity contribution >= 4 is 40.1 Å². The number of fused-ring (bicyclic) bond motifs is 4. The number of anilines is 1. The van der Waals surface area contributed by atoms with E-state index in [0.717, 1.165) is 34.4 Å². The molecular weight excluding hydrogens is 422 g/mol. The van der Waals surface area contributed by atoms with Gasteiger partial charge in [0.25, 0.3) is 0 Å². The van der Waals surface area contributed by atoms with E-state index in [1.54, 1.807) is 0 Å². The Morgan fingerprint density at radius 1 is 1.09 bits per heavy atom. The molecule has 0 N–H and O–H groups in total. The fraction of sp³-hybridized carbons (Fsp3) is 0.296. The Morgan fingerprint density at radius 2 is 1.91 bits per heavy atom. The fourth-order valence-electron chi connectivity index (χ4n) is 5.19. The molecule has 0 saturated carbocycles. The number of carboxylic acid groups (broad SMARTS) is 1. The van der Waals surface area contributed by atoms with Crippen LogP contribution in [-0.2, 0) is 10.2 Å². The maximum absolute atomic E-state index is 10.9. The van der Waals surface area contributed by atoms with Crippen molar-refractivity contribution in [2.24, 2.45) is 0 Å². The predicted molar refractivity (Wildman–Crippen MR) is 127 cm³/mol. The second kappa shape index (κ2) is 7.56. The number of aliphatic carboxylic acids is 1. The molecule has 3 aromatic carbocycles. The first kappa shape index (κ1) is 20.9. The molecule has 0 radical (unpaired) electrons. The van der Waals surface area contributed by atoms with Gasteiger partial charge in [-0.1, -0.05) is 41.9 Å². The van der Waals surface area contributed by atoms with Gasteiger partial charge in [0.05, 0.1) is 5.41 Å². The maximum atomic E-state index is 10.9. The summed E-state index contributed by atoms with van der Waals surface area (Å²) in [6.07, 6.45) is 5.67. The van der Waals surface area contributed by atoms with E-state index >= 15 is 0 Å². The summed E-state index contributed by atoms with van der Waals surface area (Å²) in [5.74, 6) is -0.166. The van der Waals surface area contributed by atoms with Crippen LogP contribution in [0.4, 0.5) is 5.69 Å². The highest BCUT2D eigenvalue weighted by Gasteiger charge is 2.58. The lowest BCUT2D eigenvalue weighted by molar-refractivity contribution is -0.305. The van der Waals surface area contributed by atoms with Crippen molar-refractivity contribution in [1.29, 1.82) is 0 Å². The number of ether oxygens (including phenoxy) is 1. The summed E-state index contributed by atoms with van der Waals surface area (Å²) in [6.45, 7) is 5.03. The molecule has 1 spiro atoms. The van der Waals surface area contributed by atoms with E-state index in [2.05, 4.69) is 49.1 Å². The van der Waals surface area contributed by atoms with Crippen LogP contribution in [0.2, 0.25) is 5.02 Å². The van der Waals surface area contributed by atoms with Gasteiger partial charge in [0, 0.05) is 28.8 Å². The van der Waals surface area contributed by atoms with Crippen LogP contribution in [0.5, 0.6) is 5.75 Å². The summed E-state index contributed by atoms with van der Waals surface area (Å²) >= 11 is 6.38. The van der Waals surface area contributed by atoms with Gasteiger partial charge in [0.15, 0.2) is 0 Å². The van der Waals surface area contributed by atoms with Gasteiger partial charge in [0.2, 0.25) is 5.72 Å². The summed E-state index contributed by atoms with van der Waals surface area (Å²) in [7, 11) is 0. The molecule has 4 nitrogen and oxygen atoms in total. The van der Waals surface area contributed by atoms with Crippen molar-refractivity contribution in [3.8, 4) is 5.75 Å². The highest BCUT2D eigenvalue weighted by molar-refractivity contribution is 6.30. The zero-order valence-electron chi connectivity index (χ0n) is 18.2. The second-order valence-electron chi connectivity index (χ2n) is 9.10. The number of halogens is 1. The standard InChI is InChI=1S/C27H26ClNO3/c1-26(2)22-17-19(28)11-12-23(22)29(16-6-5-9-25(30)31)27(26)15-14-21-20-8-4-3-7-18(20)10-13-24(21)32-27/h3-4,7-8,10-15,17H,5-6,9,16H2,1-2H3,(H,30,31)/p-1. The molecule has 1 atom stereocenters. The van der Waals surface area contributed by atoms with Gasteiger partial charge in [-0.25, -0.2) is 0 Å². The van der Waals surface area contributed by atoms with Gasteiger partial charge in [-0.05, 0) is 85.9 Å². The summed E-state index contributed by atoms with van der Waals surface area (Å²) in [4.78, 5) is 13.2. The lowest BCUT2D eigenvalue weighted by atomic mass is 9.76. The average Bonchev–Trinajstić information content (AvgIpc) is 2.94. The van der Waals surface area contributed by atoms with Crippen LogP contribution < -0.4 is 14.7 Å². The molecule has 0 bridgehead atoms. The molecule has 0 fully saturated rings. The van der Waals surface area contributed by atoms with E-state index in [1.807, 2.05) is 36.4 Å². The van der Waals surface area contributed by atoms with Gasteiger partial charge in [-0.2, -0.15) is 0 Å². The highest BCUT2D eigenvalue weighted by atomic mass is 35.5. The number of benzene rings is 3. The van der Waals surface area contributed by atoms with Crippen molar-refractivity contribution in [2.45, 2.75) is 44.2 Å². The zero-order chi connectivity index (χ0) is 22.5. The number of hydrogen-bond donors (Lipinski definition) is 0. The zero-order valence-corrected chi connectivity index (χ0v) is 19.0. The third kappa shape index (κ3) is 3.08. The van der Waals surface area contributed by atoms with E-state index in [4.69, 9.17) is 16.3 Å². The quantitative estimate of drug-likeness (QED) is 0.498. The van der Waals surface area contributed by atoms with E-state index in [1.165, 1.54) is 5.39 Å². The van der Waals surface area contributed by atoms with Gasteiger partial charge in [-0.3, -0.25) is 0 Å². The van der Waals surface area contributed by atoms with Crippen LogP contribution in [0, 0.1) is 0 Å². The Labute approximate surface area is 193 Å². The monoisotopic (exact) mass is 446 g/mol. The molecule has 2 heterocycles. The third-order valence-corrected chi connectivity index (χ3v) is 7.14. The van der Waals surface area contributed by atoms with Crippen molar-refractivity contribution in [1.82, 2.24) is 0 Å². The molecule has 164 valence electrons. The molecule has 1 unspecified atom stereocenters. The molecule has 0 aliphatic carbocycles. The molecule has 3 aromatic rings. The third-order valence-electron chi connectivity index (χ3n) is 6.90. The predicted octanol–water partition coefficient (Wildman–Crippen LogP) is 5.31. The fourth-order valence-corrected chi connectivity index (χ4v) is 5.37. The van der Waals surface area contributed by atoms with Crippen molar-refractivity contribution in [3.63, 3.8) is 0 Å². The number of carbonyl (C=O) groups excluding carboxylic acids is 1. The lowest BCUT2D eigenvalue weighted by Crippen LogP contribution is -2.59. The normalized spacial score (nSPS) is 20.3. The molecule has 5 rings (SSSR count). The van der Waals surface area contributed by atoms with Gasteiger partial charge in [-0.15, -0.1) is 0 Å². The molecule has 0 aromatic heterocycles. The van der Waals surface area contributed by atoms with E-state index in [0.29, 0.717) is 18.0 Å². The number of carbonyl (C=O) groups is 1. The Morgan fingerprint density at radius 3 is 2.72 bits per heavy atom. The molecule has 2 aliphatic rings. The lowest BCUT2D eigenvalue weighted by Gasteiger charge is -2.47. The van der Waals surface area contributed by atoms with Crippen LogP contribution in [0.25, 0.3) is 16.8 Å². The molecule has 32 heavy (non-hydrogen) atoms. The average molecular weight is 447 g/mol. The number of rotatable bonds is 5. The Hall–Kier alpha value is -2.98. The molecule has 0 saturated heterocycles. The van der Waals surface area contributed by atoms with Crippen LogP contribution >= 0.6 is 11.6 Å². The summed E-state index contributed by atoms with van der Waals surface area (Å²) in [5.41, 5.74) is 2.15. The molecule has 0 amide bonds. The largest absolute Gasteiger partial charge is 0.550 e. The van der Waals surface area contributed by atoms with Crippen molar-refractivity contribution in [2.75, 3.05) is 11.4 Å².